The summed E-state index contributed by atoms with van der Waals surface area (Å²) in [5, 5.41) is 5.17. The van der Waals surface area contributed by atoms with Gasteiger partial charge in [0.25, 0.3) is 0 Å². The maximum absolute atomic E-state index is 4.43. The van der Waals surface area contributed by atoms with Crippen molar-refractivity contribution >= 4 is 17.3 Å². The zero-order valence-corrected chi connectivity index (χ0v) is 9.92. The van der Waals surface area contributed by atoms with Crippen molar-refractivity contribution in [2.24, 2.45) is 0 Å². The predicted octanol–water partition coefficient (Wildman–Crippen LogP) is 1.91. The molecule has 0 spiro atoms. The number of fused-ring (bicyclic) bond motifs is 1. The number of rotatable bonds is 2. The second-order valence-corrected chi connectivity index (χ2v) is 4.16. The molecule has 3 aromatic heterocycles. The van der Waals surface area contributed by atoms with Gasteiger partial charge >= 0.3 is 0 Å². The highest BCUT2D eigenvalue weighted by atomic mass is 32.2. The Morgan fingerprint density at radius 3 is 2.82 bits per heavy atom. The minimum Gasteiger partial charge on any atom is -0.261 e. The number of thioether (sulfide) groups is 1. The van der Waals surface area contributed by atoms with Crippen LogP contribution in [0.2, 0.25) is 0 Å². The summed E-state index contributed by atoms with van der Waals surface area (Å²) in [6.07, 6.45) is 8.81. The molecule has 0 aliphatic carbocycles. The Balaban J connectivity index is 2.23. The van der Waals surface area contributed by atoms with Gasteiger partial charge in [0, 0.05) is 12.4 Å². The number of aromatic nitrogens is 5. The van der Waals surface area contributed by atoms with Gasteiger partial charge in [-0.3, -0.25) is 9.97 Å². The van der Waals surface area contributed by atoms with Crippen molar-refractivity contribution in [2.45, 2.75) is 5.16 Å². The third-order valence-electron chi connectivity index (χ3n) is 2.39. The average Bonchev–Trinajstić information content (AvgIpc) is 2.82. The molecule has 0 saturated carbocycles. The van der Waals surface area contributed by atoms with Gasteiger partial charge in [0.2, 0.25) is 5.16 Å². The SMILES string of the molecule is CSc1ncc2ccc(-c3cnccn3)n2n1. The molecule has 0 radical (unpaired) electrons. The van der Waals surface area contributed by atoms with E-state index in [1.165, 1.54) is 11.8 Å². The van der Waals surface area contributed by atoms with Crippen LogP contribution >= 0.6 is 11.8 Å². The fourth-order valence-electron chi connectivity index (χ4n) is 1.61. The van der Waals surface area contributed by atoms with E-state index in [2.05, 4.69) is 20.1 Å². The molecule has 6 heteroatoms. The van der Waals surface area contributed by atoms with Crippen LogP contribution in [0.4, 0.5) is 0 Å². The van der Waals surface area contributed by atoms with Gasteiger partial charge in [0.15, 0.2) is 0 Å². The molecule has 3 heterocycles. The van der Waals surface area contributed by atoms with Gasteiger partial charge in [-0.2, -0.15) is 0 Å². The highest BCUT2D eigenvalue weighted by Crippen LogP contribution is 2.19. The van der Waals surface area contributed by atoms with Gasteiger partial charge in [0.05, 0.1) is 23.6 Å². The fourth-order valence-corrected chi connectivity index (χ4v) is 1.93. The lowest BCUT2D eigenvalue weighted by Crippen LogP contribution is -1.98. The Morgan fingerprint density at radius 1 is 1.12 bits per heavy atom. The van der Waals surface area contributed by atoms with Crippen molar-refractivity contribution in [3.05, 3.63) is 36.9 Å². The molecule has 0 bridgehead atoms. The summed E-state index contributed by atoms with van der Waals surface area (Å²) < 4.78 is 1.84. The summed E-state index contributed by atoms with van der Waals surface area (Å²) in [6, 6.07) is 3.94. The summed E-state index contributed by atoms with van der Waals surface area (Å²) in [5.41, 5.74) is 2.67. The van der Waals surface area contributed by atoms with E-state index in [4.69, 9.17) is 0 Å². The van der Waals surface area contributed by atoms with Crippen LogP contribution in [0.1, 0.15) is 0 Å². The molecule has 0 N–H and O–H groups in total. The lowest BCUT2D eigenvalue weighted by molar-refractivity contribution is 0.801. The summed E-state index contributed by atoms with van der Waals surface area (Å²) in [4.78, 5) is 12.6. The predicted molar refractivity (Wildman–Crippen MR) is 65.8 cm³/mol. The van der Waals surface area contributed by atoms with Crippen molar-refractivity contribution in [3.8, 4) is 11.4 Å². The van der Waals surface area contributed by atoms with E-state index in [1.54, 1.807) is 24.8 Å². The second-order valence-electron chi connectivity index (χ2n) is 3.39. The van der Waals surface area contributed by atoms with E-state index in [1.807, 2.05) is 22.9 Å². The standard InChI is InChI=1S/C11H9N5S/c1-17-11-14-6-8-2-3-10(16(8)15-11)9-7-12-4-5-13-9/h2-7H,1H3. The van der Waals surface area contributed by atoms with Crippen molar-refractivity contribution in [2.75, 3.05) is 6.26 Å². The van der Waals surface area contributed by atoms with E-state index in [0.29, 0.717) is 0 Å². The monoisotopic (exact) mass is 243 g/mol. The molecule has 0 aromatic carbocycles. The van der Waals surface area contributed by atoms with E-state index in [9.17, 15) is 0 Å². The quantitative estimate of drug-likeness (QED) is 0.643. The molecular formula is C11H9N5S. The van der Waals surface area contributed by atoms with Crippen LogP contribution in [-0.4, -0.2) is 30.8 Å². The molecule has 0 fully saturated rings. The molecule has 17 heavy (non-hydrogen) atoms. The first-order valence-corrected chi connectivity index (χ1v) is 6.26. The molecule has 84 valence electrons. The van der Waals surface area contributed by atoms with Crippen LogP contribution in [0.15, 0.2) is 42.1 Å². The van der Waals surface area contributed by atoms with Crippen LogP contribution in [0.25, 0.3) is 16.9 Å². The maximum atomic E-state index is 4.43. The van der Waals surface area contributed by atoms with Crippen LogP contribution in [0, 0.1) is 0 Å². The topological polar surface area (TPSA) is 56.0 Å². The molecule has 3 rings (SSSR count). The zero-order chi connectivity index (χ0) is 11.7. The first kappa shape index (κ1) is 10.2. The number of hydrogen-bond acceptors (Lipinski definition) is 5. The fraction of sp³-hybridized carbons (Fsp3) is 0.0909. The molecular weight excluding hydrogens is 234 g/mol. The molecule has 0 atom stereocenters. The van der Waals surface area contributed by atoms with Crippen molar-refractivity contribution in [1.29, 1.82) is 0 Å². The van der Waals surface area contributed by atoms with Crippen LogP contribution < -0.4 is 0 Å². The average molecular weight is 243 g/mol. The largest absolute Gasteiger partial charge is 0.261 e. The smallest absolute Gasteiger partial charge is 0.207 e. The third-order valence-corrected chi connectivity index (χ3v) is 2.94. The highest BCUT2D eigenvalue weighted by Gasteiger charge is 2.07. The number of nitrogens with zero attached hydrogens (tertiary/aromatic N) is 5. The van der Waals surface area contributed by atoms with Crippen LogP contribution in [-0.2, 0) is 0 Å². The Hall–Kier alpha value is -1.95. The Morgan fingerprint density at radius 2 is 2.06 bits per heavy atom. The molecule has 0 aliphatic heterocycles. The summed E-state index contributed by atoms with van der Waals surface area (Å²) in [6.45, 7) is 0. The summed E-state index contributed by atoms with van der Waals surface area (Å²) >= 11 is 1.51. The van der Waals surface area contributed by atoms with Crippen molar-refractivity contribution < 1.29 is 0 Å². The summed E-state index contributed by atoms with van der Waals surface area (Å²) in [7, 11) is 0. The molecule has 5 nitrogen and oxygen atoms in total. The molecule has 0 saturated heterocycles. The minimum atomic E-state index is 0.735. The lowest BCUT2D eigenvalue weighted by atomic mass is 10.3. The van der Waals surface area contributed by atoms with Gasteiger partial charge in [-0.25, -0.2) is 9.50 Å². The van der Waals surface area contributed by atoms with E-state index < -0.39 is 0 Å². The second kappa shape index (κ2) is 4.14. The van der Waals surface area contributed by atoms with E-state index >= 15 is 0 Å². The lowest BCUT2D eigenvalue weighted by Gasteiger charge is -2.01. The van der Waals surface area contributed by atoms with Gasteiger partial charge in [-0.15, -0.1) is 5.10 Å². The molecule has 3 aromatic rings. The Labute approximate surface area is 102 Å². The summed E-state index contributed by atoms with van der Waals surface area (Å²) in [5.74, 6) is 0. The molecule has 0 aliphatic rings. The van der Waals surface area contributed by atoms with E-state index in [0.717, 1.165) is 22.1 Å². The van der Waals surface area contributed by atoms with Gasteiger partial charge in [-0.05, 0) is 18.4 Å². The van der Waals surface area contributed by atoms with Gasteiger partial charge in [0.1, 0.15) is 5.69 Å². The first-order valence-electron chi connectivity index (χ1n) is 5.03. The third kappa shape index (κ3) is 1.76. The van der Waals surface area contributed by atoms with Crippen molar-refractivity contribution in [1.82, 2.24) is 24.6 Å². The minimum absolute atomic E-state index is 0.735. The van der Waals surface area contributed by atoms with Crippen LogP contribution in [0.3, 0.4) is 0 Å². The van der Waals surface area contributed by atoms with Crippen molar-refractivity contribution in [3.63, 3.8) is 0 Å². The highest BCUT2D eigenvalue weighted by molar-refractivity contribution is 7.98. The first-order chi connectivity index (χ1) is 8.38. The Bertz CT molecular complexity index is 649. The Kier molecular flexibility index (Phi) is 2.49. The maximum Gasteiger partial charge on any atom is 0.207 e. The normalized spacial score (nSPS) is 10.9. The zero-order valence-electron chi connectivity index (χ0n) is 9.11. The number of hydrogen-bond donors (Lipinski definition) is 0. The van der Waals surface area contributed by atoms with Gasteiger partial charge in [-0.1, -0.05) is 11.8 Å². The van der Waals surface area contributed by atoms with Gasteiger partial charge < -0.3 is 0 Å². The molecule has 0 amide bonds. The van der Waals surface area contributed by atoms with E-state index in [-0.39, 0.29) is 0 Å². The molecule has 0 unspecified atom stereocenters. The van der Waals surface area contributed by atoms with Crippen LogP contribution in [0.5, 0.6) is 0 Å².